The maximum atomic E-state index is 9.14. The van der Waals surface area contributed by atoms with Gasteiger partial charge < -0.3 is 0 Å². The van der Waals surface area contributed by atoms with Crippen LogP contribution in [0.3, 0.4) is 0 Å². The summed E-state index contributed by atoms with van der Waals surface area (Å²) in [5, 5.41) is 10.4. The van der Waals surface area contributed by atoms with Crippen molar-refractivity contribution in [3.05, 3.63) is 32.8 Å². The summed E-state index contributed by atoms with van der Waals surface area (Å²) in [6, 6.07) is 4.00. The second kappa shape index (κ2) is 4.04. The Morgan fingerprint density at radius 2 is 1.53 bits per heavy atom. The van der Waals surface area contributed by atoms with E-state index in [2.05, 4.69) is 6.07 Å². The highest BCUT2D eigenvalue weighted by Gasteiger charge is 2.26. The summed E-state index contributed by atoms with van der Waals surface area (Å²) >= 11 is 12.1. The van der Waals surface area contributed by atoms with E-state index in [0.29, 0.717) is 10.0 Å². The molecular weight excluding hydrogens is 229 g/mol. The summed E-state index contributed by atoms with van der Waals surface area (Å²) in [6.45, 7) is 7.57. The Balaban J connectivity index is 3.62. The van der Waals surface area contributed by atoms with Crippen molar-refractivity contribution in [3.8, 4) is 6.07 Å². The molecule has 0 saturated heterocycles. The molecule has 0 aliphatic heterocycles. The second-order valence-electron chi connectivity index (χ2n) is 4.20. The van der Waals surface area contributed by atoms with E-state index in [1.807, 2.05) is 27.7 Å². The summed E-state index contributed by atoms with van der Waals surface area (Å²) in [4.78, 5) is 0. The van der Waals surface area contributed by atoms with Crippen LogP contribution in [0.25, 0.3) is 0 Å². The van der Waals surface area contributed by atoms with Crippen LogP contribution >= 0.6 is 23.2 Å². The van der Waals surface area contributed by atoms with E-state index in [9.17, 15) is 0 Å². The molecule has 0 spiro atoms. The molecule has 1 aromatic carbocycles. The lowest BCUT2D eigenvalue weighted by molar-refractivity contribution is 0.675. The molecule has 0 aromatic heterocycles. The van der Waals surface area contributed by atoms with Gasteiger partial charge in [0.1, 0.15) is 0 Å². The van der Waals surface area contributed by atoms with Crippen LogP contribution in [0.5, 0.6) is 0 Å². The number of halogens is 2. The SMILES string of the molecule is Cc1c(Cl)cc(Cl)c(C)c1C(C)(C)C#N. The molecule has 15 heavy (non-hydrogen) atoms. The largest absolute Gasteiger partial charge is 0.197 e. The van der Waals surface area contributed by atoms with Crippen molar-refractivity contribution in [2.24, 2.45) is 0 Å². The highest BCUT2D eigenvalue weighted by molar-refractivity contribution is 6.35. The minimum atomic E-state index is -0.567. The third-order valence-corrected chi connectivity index (χ3v) is 3.41. The monoisotopic (exact) mass is 241 g/mol. The van der Waals surface area contributed by atoms with E-state index in [-0.39, 0.29) is 0 Å². The molecule has 3 heteroatoms. The van der Waals surface area contributed by atoms with Crippen molar-refractivity contribution < 1.29 is 0 Å². The van der Waals surface area contributed by atoms with Crippen LogP contribution in [0.2, 0.25) is 10.0 Å². The molecule has 1 rings (SSSR count). The fourth-order valence-electron chi connectivity index (χ4n) is 1.84. The standard InChI is InChI=1S/C12H13Cl2N/c1-7-9(13)5-10(14)8(2)11(7)12(3,4)6-15/h5H,1-4H3. The van der Waals surface area contributed by atoms with Crippen molar-refractivity contribution in [2.75, 3.05) is 0 Å². The van der Waals surface area contributed by atoms with E-state index in [0.717, 1.165) is 16.7 Å². The van der Waals surface area contributed by atoms with E-state index in [1.54, 1.807) is 6.07 Å². The Bertz CT molecular complexity index is 416. The van der Waals surface area contributed by atoms with E-state index in [1.165, 1.54) is 0 Å². The molecule has 1 aromatic rings. The van der Waals surface area contributed by atoms with Crippen molar-refractivity contribution >= 4 is 23.2 Å². The van der Waals surface area contributed by atoms with Gasteiger partial charge in [0.25, 0.3) is 0 Å². The Hall–Kier alpha value is -0.710. The zero-order chi connectivity index (χ0) is 11.8. The van der Waals surface area contributed by atoms with Crippen LogP contribution in [0.4, 0.5) is 0 Å². The molecule has 0 fully saturated rings. The minimum absolute atomic E-state index is 0.567. The molecule has 0 amide bonds. The summed E-state index contributed by atoms with van der Waals surface area (Å²) in [6.07, 6.45) is 0. The van der Waals surface area contributed by atoms with Gasteiger partial charge in [-0.3, -0.25) is 0 Å². The summed E-state index contributed by atoms with van der Waals surface area (Å²) in [5.74, 6) is 0. The lowest BCUT2D eigenvalue weighted by Gasteiger charge is -2.23. The van der Waals surface area contributed by atoms with Gasteiger partial charge in [0.05, 0.1) is 11.5 Å². The quantitative estimate of drug-likeness (QED) is 0.715. The van der Waals surface area contributed by atoms with Crippen molar-refractivity contribution in [1.29, 1.82) is 5.26 Å². The van der Waals surface area contributed by atoms with Gasteiger partial charge in [-0.2, -0.15) is 5.26 Å². The Morgan fingerprint density at radius 1 is 1.13 bits per heavy atom. The average molecular weight is 242 g/mol. The van der Waals surface area contributed by atoms with Crippen LogP contribution in [0.15, 0.2) is 6.07 Å². The van der Waals surface area contributed by atoms with Gasteiger partial charge in [-0.1, -0.05) is 23.2 Å². The molecule has 1 nitrogen and oxygen atoms in total. The minimum Gasteiger partial charge on any atom is -0.197 e. The number of rotatable bonds is 1. The predicted octanol–water partition coefficient (Wildman–Crippen LogP) is 4.41. The first-order valence-corrected chi connectivity index (χ1v) is 5.43. The lowest BCUT2D eigenvalue weighted by atomic mass is 9.81. The van der Waals surface area contributed by atoms with Crippen LogP contribution in [0, 0.1) is 25.2 Å². The van der Waals surface area contributed by atoms with Crippen molar-refractivity contribution in [1.82, 2.24) is 0 Å². The summed E-state index contributed by atoms with van der Waals surface area (Å²) in [5.41, 5.74) is 2.24. The van der Waals surface area contributed by atoms with Gasteiger partial charge in [-0.05, 0) is 50.5 Å². The summed E-state index contributed by atoms with van der Waals surface area (Å²) in [7, 11) is 0. The first kappa shape index (κ1) is 12.4. The molecule has 0 saturated carbocycles. The topological polar surface area (TPSA) is 23.8 Å². The lowest BCUT2D eigenvalue weighted by Crippen LogP contribution is -2.18. The Kier molecular flexibility index (Phi) is 3.33. The third-order valence-electron chi connectivity index (χ3n) is 2.62. The van der Waals surface area contributed by atoms with E-state index < -0.39 is 5.41 Å². The smallest absolute Gasteiger partial charge is 0.0772 e. The van der Waals surface area contributed by atoms with Crippen molar-refractivity contribution in [3.63, 3.8) is 0 Å². The van der Waals surface area contributed by atoms with Gasteiger partial charge in [0.2, 0.25) is 0 Å². The van der Waals surface area contributed by atoms with E-state index in [4.69, 9.17) is 28.5 Å². The fraction of sp³-hybridized carbons (Fsp3) is 0.417. The van der Waals surface area contributed by atoms with Gasteiger partial charge in [-0.15, -0.1) is 0 Å². The molecule has 0 heterocycles. The van der Waals surface area contributed by atoms with Gasteiger partial charge in [0, 0.05) is 10.0 Å². The maximum absolute atomic E-state index is 9.14. The maximum Gasteiger partial charge on any atom is 0.0772 e. The van der Waals surface area contributed by atoms with Crippen LogP contribution in [-0.2, 0) is 5.41 Å². The first-order valence-electron chi connectivity index (χ1n) is 4.68. The normalized spacial score (nSPS) is 11.3. The molecule has 0 aliphatic carbocycles. The third kappa shape index (κ3) is 2.12. The number of hydrogen-bond acceptors (Lipinski definition) is 1. The molecular formula is C12H13Cl2N. The van der Waals surface area contributed by atoms with E-state index >= 15 is 0 Å². The zero-order valence-electron chi connectivity index (χ0n) is 9.28. The predicted molar refractivity (Wildman–Crippen MR) is 64.6 cm³/mol. The highest BCUT2D eigenvalue weighted by Crippen LogP contribution is 2.36. The van der Waals surface area contributed by atoms with Crippen LogP contribution < -0.4 is 0 Å². The molecule has 80 valence electrons. The first-order chi connectivity index (χ1) is 6.81. The fourth-order valence-corrected chi connectivity index (χ4v) is 2.30. The molecule has 0 bridgehead atoms. The molecule has 0 N–H and O–H groups in total. The molecule has 0 radical (unpaired) electrons. The van der Waals surface area contributed by atoms with Crippen LogP contribution in [-0.4, -0.2) is 0 Å². The van der Waals surface area contributed by atoms with Crippen molar-refractivity contribution in [2.45, 2.75) is 33.1 Å². The average Bonchev–Trinajstić information content (AvgIpc) is 2.15. The zero-order valence-corrected chi connectivity index (χ0v) is 10.8. The van der Waals surface area contributed by atoms with Gasteiger partial charge in [0.15, 0.2) is 0 Å². The second-order valence-corrected chi connectivity index (χ2v) is 5.02. The van der Waals surface area contributed by atoms with Gasteiger partial charge in [-0.25, -0.2) is 0 Å². The highest BCUT2D eigenvalue weighted by atomic mass is 35.5. The molecule has 0 unspecified atom stereocenters. The number of nitrogens with zero attached hydrogens (tertiary/aromatic N) is 1. The van der Waals surface area contributed by atoms with Gasteiger partial charge >= 0.3 is 0 Å². The Morgan fingerprint density at radius 3 is 1.87 bits per heavy atom. The number of hydrogen-bond donors (Lipinski definition) is 0. The van der Waals surface area contributed by atoms with Crippen LogP contribution in [0.1, 0.15) is 30.5 Å². The molecule has 0 aliphatic rings. The number of benzene rings is 1. The summed E-state index contributed by atoms with van der Waals surface area (Å²) < 4.78 is 0. The number of nitriles is 1. The Labute approximate surface area is 101 Å². The molecule has 0 atom stereocenters.